The van der Waals surface area contributed by atoms with Gasteiger partial charge >= 0.3 is 0 Å². The summed E-state index contributed by atoms with van der Waals surface area (Å²) in [6, 6.07) is 8.79. The number of hydrogen-bond acceptors (Lipinski definition) is 2. The predicted molar refractivity (Wildman–Crippen MR) is 74.8 cm³/mol. The van der Waals surface area contributed by atoms with E-state index in [1.54, 1.807) is 0 Å². The molecule has 0 saturated heterocycles. The van der Waals surface area contributed by atoms with E-state index in [0.29, 0.717) is 12.0 Å². The molecule has 2 nitrogen and oxygen atoms in total. The number of hydrogen-bond donors (Lipinski definition) is 0. The van der Waals surface area contributed by atoms with E-state index in [0.717, 1.165) is 11.5 Å². The first-order chi connectivity index (χ1) is 8.84. The van der Waals surface area contributed by atoms with E-state index < -0.39 is 0 Å². The Labute approximate surface area is 107 Å². The zero-order valence-corrected chi connectivity index (χ0v) is 10.2. The number of nitrogens with zero attached hydrogens (tertiary/aromatic N) is 2. The first-order valence-electron chi connectivity index (χ1n) is 6.33. The highest BCUT2D eigenvalue weighted by Gasteiger charge is 2.34. The van der Waals surface area contributed by atoms with Crippen molar-refractivity contribution in [2.45, 2.75) is 6.04 Å². The van der Waals surface area contributed by atoms with Crippen molar-refractivity contribution >= 4 is 17.1 Å². The van der Waals surface area contributed by atoms with Gasteiger partial charge in [0.1, 0.15) is 5.84 Å². The fraction of sp³-hybridized carbons (Fsp3) is 0.188. The highest BCUT2D eigenvalue weighted by molar-refractivity contribution is 6.28. The van der Waals surface area contributed by atoms with Crippen molar-refractivity contribution in [3.8, 4) is 0 Å². The molecule has 2 atom stereocenters. The van der Waals surface area contributed by atoms with Gasteiger partial charge in [0.05, 0.1) is 11.7 Å². The van der Waals surface area contributed by atoms with Crippen LogP contribution in [0.4, 0.5) is 5.69 Å². The molecule has 0 radical (unpaired) electrons. The Bertz CT molecular complexity index is 634. The van der Waals surface area contributed by atoms with Crippen LogP contribution in [0.15, 0.2) is 59.6 Å². The smallest absolute Gasteiger partial charge is 0.137 e. The van der Waals surface area contributed by atoms with Crippen LogP contribution in [0.1, 0.15) is 5.56 Å². The molecule has 0 N–H and O–H groups in total. The molecule has 2 heterocycles. The molecule has 1 aromatic carbocycles. The number of likely N-dealkylation sites (N-methyl/N-ethyl adjacent to an activating group) is 1. The quantitative estimate of drug-likeness (QED) is 0.673. The molecule has 2 unspecified atom stereocenters. The first-order valence-corrected chi connectivity index (χ1v) is 6.33. The summed E-state index contributed by atoms with van der Waals surface area (Å²) in [5.41, 5.74) is 3.65. The van der Waals surface area contributed by atoms with Gasteiger partial charge < -0.3 is 4.90 Å². The van der Waals surface area contributed by atoms with Crippen LogP contribution in [0.3, 0.4) is 0 Å². The van der Waals surface area contributed by atoms with Crippen LogP contribution in [0.2, 0.25) is 0 Å². The van der Waals surface area contributed by atoms with Crippen molar-refractivity contribution in [3.05, 3.63) is 60.2 Å². The maximum Gasteiger partial charge on any atom is 0.137 e. The van der Waals surface area contributed by atoms with Crippen molar-refractivity contribution in [3.63, 3.8) is 0 Å². The van der Waals surface area contributed by atoms with Gasteiger partial charge in [0.2, 0.25) is 0 Å². The fourth-order valence-corrected chi connectivity index (χ4v) is 3.01. The van der Waals surface area contributed by atoms with Crippen molar-refractivity contribution in [2.24, 2.45) is 10.9 Å². The molecule has 0 amide bonds. The Balaban J connectivity index is 1.91. The van der Waals surface area contributed by atoms with E-state index in [1.807, 2.05) is 6.07 Å². The lowest BCUT2D eigenvalue weighted by Crippen LogP contribution is -2.43. The Hall–Kier alpha value is -2.09. The number of allylic oxidation sites excluding steroid dienone is 2. The van der Waals surface area contributed by atoms with Gasteiger partial charge in [-0.1, -0.05) is 48.6 Å². The maximum absolute atomic E-state index is 4.76. The summed E-state index contributed by atoms with van der Waals surface area (Å²) in [5.74, 6) is 1.57. The number of benzene rings is 1. The molecule has 0 fully saturated rings. The van der Waals surface area contributed by atoms with Gasteiger partial charge in [0.15, 0.2) is 0 Å². The van der Waals surface area contributed by atoms with Crippen molar-refractivity contribution in [1.29, 1.82) is 0 Å². The second-order valence-corrected chi connectivity index (χ2v) is 4.98. The minimum Gasteiger partial charge on any atom is -0.352 e. The Morgan fingerprint density at radius 1 is 1.11 bits per heavy atom. The Kier molecular flexibility index (Phi) is 1.90. The number of para-hydroxylation sites is 1. The summed E-state index contributed by atoms with van der Waals surface area (Å²) in [6.07, 6.45) is 11.1. The minimum absolute atomic E-state index is 0.409. The minimum atomic E-state index is 0.409. The second-order valence-electron chi connectivity index (χ2n) is 4.98. The molecule has 1 aromatic rings. The van der Waals surface area contributed by atoms with Gasteiger partial charge in [0, 0.05) is 24.1 Å². The molecule has 2 heteroatoms. The predicted octanol–water partition coefficient (Wildman–Crippen LogP) is 3.17. The third kappa shape index (κ3) is 1.20. The third-order valence-electron chi connectivity index (χ3n) is 3.95. The molecular formula is C16H14N2. The van der Waals surface area contributed by atoms with Crippen molar-refractivity contribution in [1.82, 2.24) is 4.90 Å². The average molecular weight is 234 g/mol. The number of rotatable bonds is 0. The monoisotopic (exact) mass is 234 g/mol. The summed E-state index contributed by atoms with van der Waals surface area (Å²) >= 11 is 0. The van der Waals surface area contributed by atoms with Crippen LogP contribution < -0.4 is 0 Å². The molecule has 0 bridgehead atoms. The van der Waals surface area contributed by atoms with E-state index in [1.165, 1.54) is 11.1 Å². The topological polar surface area (TPSA) is 15.6 Å². The molecular weight excluding hydrogens is 220 g/mol. The van der Waals surface area contributed by atoms with E-state index in [2.05, 4.69) is 60.5 Å². The molecule has 4 rings (SSSR count). The van der Waals surface area contributed by atoms with Crippen LogP contribution in [0, 0.1) is 5.92 Å². The van der Waals surface area contributed by atoms with Gasteiger partial charge in [-0.3, -0.25) is 0 Å². The standard InChI is InChI=1S/C16H14N2/c1-18-15-9-5-2-6-11(15)10-13-12-7-3-4-8-14(12)17-16(13)18/h2-11,15H,1H3. The number of aliphatic imine (C=N–C) groups is 1. The van der Waals surface area contributed by atoms with Gasteiger partial charge in [-0.25, -0.2) is 4.99 Å². The Morgan fingerprint density at radius 2 is 1.94 bits per heavy atom. The lowest BCUT2D eigenvalue weighted by atomic mass is 9.86. The van der Waals surface area contributed by atoms with Crippen molar-refractivity contribution < 1.29 is 0 Å². The third-order valence-corrected chi connectivity index (χ3v) is 3.95. The van der Waals surface area contributed by atoms with Crippen LogP contribution in [-0.4, -0.2) is 23.8 Å². The van der Waals surface area contributed by atoms with Crippen LogP contribution >= 0.6 is 0 Å². The average Bonchev–Trinajstić information content (AvgIpc) is 2.79. The summed E-state index contributed by atoms with van der Waals surface area (Å²) in [7, 11) is 2.14. The van der Waals surface area contributed by atoms with Crippen LogP contribution in [0.25, 0.3) is 5.57 Å². The molecule has 0 saturated carbocycles. The summed E-state index contributed by atoms with van der Waals surface area (Å²) in [4.78, 5) is 7.05. The van der Waals surface area contributed by atoms with Crippen LogP contribution in [-0.2, 0) is 0 Å². The lowest BCUT2D eigenvalue weighted by molar-refractivity contribution is 0.377. The first kappa shape index (κ1) is 9.89. The SMILES string of the molecule is CN1C2=Nc3ccccc3C2=CC2C=CC=CC21. The van der Waals surface area contributed by atoms with Crippen molar-refractivity contribution in [2.75, 3.05) is 7.05 Å². The highest BCUT2D eigenvalue weighted by atomic mass is 15.2. The molecule has 1 aliphatic carbocycles. The van der Waals surface area contributed by atoms with Crippen LogP contribution in [0.5, 0.6) is 0 Å². The Morgan fingerprint density at radius 3 is 2.89 bits per heavy atom. The maximum atomic E-state index is 4.76. The summed E-state index contributed by atoms with van der Waals surface area (Å²) in [5, 5.41) is 0. The molecule has 0 spiro atoms. The van der Waals surface area contributed by atoms with Gasteiger partial charge in [0.25, 0.3) is 0 Å². The molecule has 3 aliphatic rings. The normalized spacial score (nSPS) is 27.3. The second kappa shape index (κ2) is 3.45. The molecule has 18 heavy (non-hydrogen) atoms. The molecule has 0 aromatic heterocycles. The van der Waals surface area contributed by atoms with E-state index >= 15 is 0 Å². The number of fused-ring (bicyclic) bond motifs is 4. The molecule has 88 valence electrons. The summed E-state index contributed by atoms with van der Waals surface area (Å²) < 4.78 is 0. The zero-order chi connectivity index (χ0) is 12.1. The highest BCUT2D eigenvalue weighted by Crippen LogP contribution is 2.40. The van der Waals surface area contributed by atoms with E-state index in [9.17, 15) is 0 Å². The lowest BCUT2D eigenvalue weighted by Gasteiger charge is -2.37. The van der Waals surface area contributed by atoms with Gasteiger partial charge in [-0.2, -0.15) is 0 Å². The fourth-order valence-electron chi connectivity index (χ4n) is 3.01. The van der Waals surface area contributed by atoms with Gasteiger partial charge in [-0.15, -0.1) is 0 Å². The zero-order valence-electron chi connectivity index (χ0n) is 10.2. The summed E-state index contributed by atoms with van der Waals surface area (Å²) in [6.45, 7) is 0. The van der Waals surface area contributed by atoms with E-state index in [-0.39, 0.29) is 0 Å². The van der Waals surface area contributed by atoms with Gasteiger partial charge in [-0.05, 0) is 6.07 Å². The molecule has 2 aliphatic heterocycles. The number of amidine groups is 1. The largest absolute Gasteiger partial charge is 0.352 e. The van der Waals surface area contributed by atoms with E-state index in [4.69, 9.17) is 4.99 Å².